The summed E-state index contributed by atoms with van der Waals surface area (Å²) in [7, 11) is 0. The lowest BCUT2D eigenvalue weighted by Crippen LogP contribution is -2.46. The normalized spacial score (nSPS) is 15.2. The number of nitrogens with zero attached hydrogens (tertiary/aromatic N) is 3. The van der Waals surface area contributed by atoms with E-state index in [1.807, 2.05) is 0 Å². The molecule has 7 nitrogen and oxygen atoms in total. The van der Waals surface area contributed by atoms with Crippen molar-refractivity contribution < 1.29 is 14.0 Å². The van der Waals surface area contributed by atoms with E-state index in [0.717, 1.165) is 37.2 Å². The Morgan fingerprint density at radius 1 is 1.21 bits per heavy atom. The number of amides is 2. The topological polar surface area (TPSA) is 88.3 Å². The molecule has 1 aliphatic rings. The van der Waals surface area contributed by atoms with Gasteiger partial charge in [-0.2, -0.15) is 0 Å². The Morgan fingerprint density at radius 2 is 2.00 bits per heavy atom. The highest BCUT2D eigenvalue weighted by Crippen LogP contribution is 2.35. The fourth-order valence-electron chi connectivity index (χ4n) is 3.56. The fraction of sp³-hybridized carbons (Fsp3) is 0.300. The van der Waals surface area contributed by atoms with Crippen LogP contribution >= 0.6 is 23.1 Å². The summed E-state index contributed by atoms with van der Waals surface area (Å²) in [4.78, 5) is 28.1. The molecule has 3 aromatic rings. The Labute approximate surface area is 176 Å². The molecular weight excluding hydrogens is 412 g/mol. The molecule has 150 valence electrons. The van der Waals surface area contributed by atoms with Crippen LogP contribution in [-0.4, -0.2) is 27.4 Å². The van der Waals surface area contributed by atoms with Crippen LogP contribution in [0, 0.1) is 0 Å². The third kappa shape index (κ3) is 4.18. The van der Waals surface area contributed by atoms with E-state index < -0.39 is 11.9 Å². The standard InChI is InChI=1S/C20H19ClN4O3S/c21-14-8-3-4-9-16(14)25(20(27)15-12-29-24-23-15)18(17-10-5-11-28-17)19(26)22-13-6-1-2-7-13/h3-5,8-13,18H,1-2,6-7H2,(H,22,26)/t18-/m0/s1. The van der Waals surface area contributed by atoms with E-state index in [1.165, 1.54) is 11.2 Å². The van der Waals surface area contributed by atoms with Crippen molar-refractivity contribution in [1.82, 2.24) is 14.9 Å². The van der Waals surface area contributed by atoms with Crippen molar-refractivity contribution in [2.24, 2.45) is 0 Å². The summed E-state index contributed by atoms with van der Waals surface area (Å²) in [6, 6.07) is 9.31. The molecular formula is C20H19ClN4O3S. The van der Waals surface area contributed by atoms with E-state index in [1.54, 1.807) is 41.8 Å². The maximum absolute atomic E-state index is 13.4. The number of benzene rings is 1. The molecule has 2 aromatic heterocycles. The number of para-hydroxylation sites is 1. The lowest BCUT2D eigenvalue weighted by Gasteiger charge is -2.30. The monoisotopic (exact) mass is 430 g/mol. The van der Waals surface area contributed by atoms with Gasteiger partial charge in [0.25, 0.3) is 11.8 Å². The predicted molar refractivity (Wildman–Crippen MR) is 110 cm³/mol. The Kier molecular flexibility index (Phi) is 5.92. The van der Waals surface area contributed by atoms with Gasteiger partial charge in [0.05, 0.1) is 17.0 Å². The van der Waals surface area contributed by atoms with Crippen LogP contribution in [0.25, 0.3) is 0 Å². The van der Waals surface area contributed by atoms with Crippen molar-refractivity contribution in [2.75, 3.05) is 4.90 Å². The summed E-state index contributed by atoms with van der Waals surface area (Å²) >= 11 is 7.48. The summed E-state index contributed by atoms with van der Waals surface area (Å²) < 4.78 is 9.34. The van der Waals surface area contributed by atoms with Crippen LogP contribution in [0.4, 0.5) is 5.69 Å². The number of carbonyl (C=O) groups excluding carboxylic acids is 2. The van der Waals surface area contributed by atoms with Crippen LogP contribution < -0.4 is 10.2 Å². The lowest BCUT2D eigenvalue weighted by atomic mass is 10.1. The van der Waals surface area contributed by atoms with Crippen LogP contribution in [0.1, 0.15) is 48.0 Å². The number of furan rings is 1. The van der Waals surface area contributed by atoms with Gasteiger partial charge in [0.1, 0.15) is 5.76 Å². The molecule has 1 aromatic carbocycles. The number of hydrogen-bond acceptors (Lipinski definition) is 6. The zero-order valence-electron chi connectivity index (χ0n) is 15.5. The Bertz CT molecular complexity index is 972. The molecule has 1 aliphatic carbocycles. The minimum atomic E-state index is -1.03. The number of aromatic nitrogens is 2. The first-order valence-corrected chi connectivity index (χ1v) is 10.6. The Balaban J connectivity index is 1.78. The molecule has 1 fully saturated rings. The second-order valence-corrected chi connectivity index (χ2v) is 7.84. The molecule has 1 N–H and O–H groups in total. The first-order valence-electron chi connectivity index (χ1n) is 9.34. The third-order valence-electron chi connectivity index (χ3n) is 4.93. The van der Waals surface area contributed by atoms with E-state index in [9.17, 15) is 9.59 Å². The largest absolute Gasteiger partial charge is 0.467 e. The number of nitrogens with one attached hydrogen (secondary N) is 1. The average Bonchev–Trinajstić information content (AvgIpc) is 3.49. The van der Waals surface area contributed by atoms with Crippen LogP contribution in [0.15, 0.2) is 52.5 Å². The zero-order chi connectivity index (χ0) is 20.2. The predicted octanol–water partition coefficient (Wildman–Crippen LogP) is 4.23. The molecule has 1 atom stereocenters. The van der Waals surface area contributed by atoms with Crippen LogP contribution in [0.3, 0.4) is 0 Å². The highest BCUT2D eigenvalue weighted by molar-refractivity contribution is 7.03. The van der Waals surface area contributed by atoms with Gasteiger partial charge in [0.15, 0.2) is 11.7 Å². The summed E-state index contributed by atoms with van der Waals surface area (Å²) in [5, 5.41) is 8.84. The summed E-state index contributed by atoms with van der Waals surface area (Å²) in [6.45, 7) is 0. The smallest absolute Gasteiger partial charge is 0.280 e. The average molecular weight is 431 g/mol. The molecule has 4 rings (SSSR count). The van der Waals surface area contributed by atoms with Gasteiger partial charge >= 0.3 is 0 Å². The van der Waals surface area contributed by atoms with Crippen molar-refractivity contribution >= 4 is 40.6 Å². The number of carbonyl (C=O) groups is 2. The molecule has 0 saturated heterocycles. The van der Waals surface area contributed by atoms with Crippen molar-refractivity contribution in [3.8, 4) is 0 Å². The van der Waals surface area contributed by atoms with Crippen molar-refractivity contribution in [1.29, 1.82) is 0 Å². The SMILES string of the molecule is O=C(NC1CCCC1)[C@H](c1ccco1)N(C(=O)c1csnn1)c1ccccc1Cl. The number of hydrogen-bond donors (Lipinski definition) is 1. The van der Waals surface area contributed by atoms with Gasteiger partial charge in [-0.1, -0.05) is 41.1 Å². The molecule has 0 bridgehead atoms. The Morgan fingerprint density at radius 3 is 2.66 bits per heavy atom. The summed E-state index contributed by atoms with van der Waals surface area (Å²) in [5.74, 6) is -0.449. The van der Waals surface area contributed by atoms with Crippen molar-refractivity contribution in [3.05, 3.63) is 64.5 Å². The van der Waals surface area contributed by atoms with Gasteiger partial charge < -0.3 is 9.73 Å². The first-order chi connectivity index (χ1) is 14.1. The third-order valence-corrected chi connectivity index (χ3v) is 5.75. The molecule has 0 spiro atoms. The molecule has 1 saturated carbocycles. The lowest BCUT2D eigenvalue weighted by molar-refractivity contribution is -0.123. The van der Waals surface area contributed by atoms with Gasteiger partial charge in [-0.25, -0.2) is 0 Å². The van der Waals surface area contributed by atoms with E-state index in [4.69, 9.17) is 16.0 Å². The van der Waals surface area contributed by atoms with Crippen LogP contribution in [-0.2, 0) is 4.79 Å². The highest BCUT2D eigenvalue weighted by Gasteiger charge is 2.38. The van der Waals surface area contributed by atoms with E-state index in [-0.39, 0.29) is 17.6 Å². The second-order valence-electron chi connectivity index (χ2n) is 6.82. The molecule has 9 heteroatoms. The van der Waals surface area contributed by atoms with E-state index >= 15 is 0 Å². The molecule has 0 aliphatic heterocycles. The van der Waals surface area contributed by atoms with E-state index in [0.29, 0.717) is 16.5 Å². The fourth-order valence-corrected chi connectivity index (χ4v) is 4.22. The van der Waals surface area contributed by atoms with Crippen LogP contribution in [0.2, 0.25) is 5.02 Å². The van der Waals surface area contributed by atoms with Gasteiger partial charge in [-0.05, 0) is 48.6 Å². The maximum atomic E-state index is 13.4. The van der Waals surface area contributed by atoms with E-state index in [2.05, 4.69) is 14.9 Å². The van der Waals surface area contributed by atoms with Gasteiger partial charge in [-0.15, -0.1) is 5.10 Å². The number of rotatable bonds is 6. The highest BCUT2D eigenvalue weighted by atomic mass is 35.5. The quantitative estimate of drug-likeness (QED) is 0.632. The molecule has 29 heavy (non-hydrogen) atoms. The van der Waals surface area contributed by atoms with Crippen molar-refractivity contribution in [3.63, 3.8) is 0 Å². The first kappa shape index (κ1) is 19.6. The van der Waals surface area contributed by atoms with Crippen LogP contribution in [0.5, 0.6) is 0 Å². The summed E-state index contributed by atoms with van der Waals surface area (Å²) in [6.07, 6.45) is 5.48. The number of halogens is 1. The van der Waals surface area contributed by atoms with Gasteiger partial charge in [0, 0.05) is 11.4 Å². The summed E-state index contributed by atoms with van der Waals surface area (Å²) in [5.41, 5.74) is 0.537. The molecule has 2 heterocycles. The minimum Gasteiger partial charge on any atom is -0.467 e. The maximum Gasteiger partial charge on any atom is 0.280 e. The number of anilines is 1. The minimum absolute atomic E-state index is 0.0871. The second kappa shape index (κ2) is 8.75. The molecule has 0 unspecified atom stereocenters. The van der Waals surface area contributed by atoms with Gasteiger partial charge in [0.2, 0.25) is 0 Å². The molecule has 0 radical (unpaired) electrons. The molecule has 2 amide bonds. The zero-order valence-corrected chi connectivity index (χ0v) is 17.0. The van der Waals surface area contributed by atoms with Crippen molar-refractivity contribution in [2.45, 2.75) is 37.8 Å². The van der Waals surface area contributed by atoms with Gasteiger partial charge in [-0.3, -0.25) is 14.5 Å². The Hall–Kier alpha value is -2.71.